The molecule has 0 amide bonds. The van der Waals surface area contributed by atoms with Crippen LogP contribution in [0.5, 0.6) is 0 Å². The molecule has 0 atom stereocenters. The molecule has 0 radical (unpaired) electrons. The van der Waals surface area contributed by atoms with Gasteiger partial charge in [-0.25, -0.2) is 0 Å². The molecule has 2 N–H and O–H groups in total. The first-order chi connectivity index (χ1) is 8.26. The van der Waals surface area contributed by atoms with Crippen LogP contribution in [0.15, 0.2) is 59.0 Å². The van der Waals surface area contributed by atoms with Gasteiger partial charge in [0.15, 0.2) is 0 Å². The Morgan fingerprint density at radius 1 is 1.35 bits per heavy atom. The van der Waals surface area contributed by atoms with Gasteiger partial charge in [-0.05, 0) is 25.3 Å². The number of hydrogen-bond donors (Lipinski definition) is 2. The molecule has 1 rings (SSSR count). The van der Waals surface area contributed by atoms with Gasteiger partial charge in [0, 0.05) is 25.5 Å². The van der Waals surface area contributed by atoms with Gasteiger partial charge in [0.25, 0.3) is 0 Å². The third-order valence-electron chi connectivity index (χ3n) is 2.34. The highest BCUT2D eigenvalue weighted by Crippen LogP contribution is 2.02. The van der Waals surface area contributed by atoms with Crippen molar-refractivity contribution in [1.82, 2.24) is 10.6 Å². The monoisotopic (exact) mass is 229 g/mol. The van der Waals surface area contributed by atoms with Crippen molar-refractivity contribution in [3.05, 3.63) is 59.6 Å². The number of nitrogens with zero attached hydrogens (tertiary/aromatic N) is 1. The number of nitrogens with one attached hydrogen (secondary N) is 2. The van der Waals surface area contributed by atoms with E-state index in [1.54, 1.807) is 6.20 Å². The van der Waals surface area contributed by atoms with Gasteiger partial charge in [0.05, 0.1) is 5.70 Å². The van der Waals surface area contributed by atoms with Crippen LogP contribution in [0.1, 0.15) is 12.5 Å². The summed E-state index contributed by atoms with van der Waals surface area (Å²) in [6, 6.07) is 10.2. The Balaban J connectivity index is 2.63. The van der Waals surface area contributed by atoms with Crippen LogP contribution in [0.3, 0.4) is 0 Å². The van der Waals surface area contributed by atoms with Crippen LogP contribution in [0.25, 0.3) is 0 Å². The first-order valence-corrected chi connectivity index (χ1v) is 5.56. The lowest BCUT2D eigenvalue weighted by atomic mass is 10.2. The van der Waals surface area contributed by atoms with Crippen molar-refractivity contribution in [1.29, 1.82) is 0 Å². The summed E-state index contributed by atoms with van der Waals surface area (Å²) in [5.41, 5.74) is 3.24. The van der Waals surface area contributed by atoms with Crippen LogP contribution in [0.2, 0.25) is 0 Å². The van der Waals surface area contributed by atoms with E-state index in [9.17, 15) is 0 Å². The van der Waals surface area contributed by atoms with Gasteiger partial charge in [0.2, 0.25) is 0 Å². The first kappa shape index (κ1) is 13.0. The number of allylic oxidation sites excluding steroid dienone is 2. The largest absolute Gasteiger partial charge is 0.392 e. The Morgan fingerprint density at radius 3 is 2.65 bits per heavy atom. The lowest BCUT2D eigenvalue weighted by Crippen LogP contribution is -2.13. The Labute approximate surface area is 103 Å². The molecule has 0 aliphatic rings. The molecule has 0 aromatic heterocycles. The number of benzene rings is 1. The third kappa shape index (κ3) is 5.02. The molecule has 0 spiro atoms. The van der Waals surface area contributed by atoms with Crippen LogP contribution in [0.4, 0.5) is 0 Å². The number of hydrogen-bond acceptors (Lipinski definition) is 3. The van der Waals surface area contributed by atoms with E-state index in [0.29, 0.717) is 0 Å². The quantitative estimate of drug-likeness (QED) is 0.580. The van der Waals surface area contributed by atoms with Crippen LogP contribution in [0, 0.1) is 0 Å². The molecular formula is C14H19N3. The molecule has 90 valence electrons. The molecule has 0 unspecified atom stereocenters. The van der Waals surface area contributed by atoms with E-state index < -0.39 is 0 Å². The highest BCUT2D eigenvalue weighted by Gasteiger charge is 1.94. The van der Waals surface area contributed by atoms with Gasteiger partial charge in [-0.15, -0.1) is 0 Å². The zero-order valence-electron chi connectivity index (χ0n) is 10.4. The Kier molecular flexibility index (Phi) is 5.58. The van der Waals surface area contributed by atoms with Crippen molar-refractivity contribution < 1.29 is 0 Å². The minimum absolute atomic E-state index is 0.773. The van der Waals surface area contributed by atoms with Crippen molar-refractivity contribution in [3.8, 4) is 0 Å². The highest BCUT2D eigenvalue weighted by atomic mass is 14.9. The molecule has 1 aromatic rings. The summed E-state index contributed by atoms with van der Waals surface area (Å²) < 4.78 is 0. The Bertz CT molecular complexity index is 405. The summed E-state index contributed by atoms with van der Waals surface area (Å²) in [4.78, 5) is 3.79. The van der Waals surface area contributed by atoms with E-state index in [2.05, 4.69) is 34.5 Å². The summed E-state index contributed by atoms with van der Waals surface area (Å²) in [6.45, 7) is 6.25. The van der Waals surface area contributed by atoms with E-state index in [1.165, 1.54) is 5.56 Å². The second-order valence-electron chi connectivity index (χ2n) is 3.68. The molecule has 0 aliphatic carbocycles. The second kappa shape index (κ2) is 7.28. The minimum atomic E-state index is 0.773. The lowest BCUT2D eigenvalue weighted by molar-refractivity contribution is 0.823. The molecule has 0 saturated carbocycles. The van der Waals surface area contributed by atoms with Crippen LogP contribution in [-0.2, 0) is 6.54 Å². The fraction of sp³-hybridized carbons (Fsp3) is 0.214. The van der Waals surface area contributed by atoms with Crippen molar-refractivity contribution in [2.24, 2.45) is 4.99 Å². The third-order valence-corrected chi connectivity index (χ3v) is 2.34. The van der Waals surface area contributed by atoms with Crippen LogP contribution >= 0.6 is 0 Å². The van der Waals surface area contributed by atoms with Crippen LogP contribution < -0.4 is 10.6 Å². The molecule has 17 heavy (non-hydrogen) atoms. The van der Waals surface area contributed by atoms with E-state index in [4.69, 9.17) is 0 Å². The summed E-state index contributed by atoms with van der Waals surface area (Å²) in [5.74, 6) is 0. The lowest BCUT2D eigenvalue weighted by Gasteiger charge is -2.08. The molecule has 3 heteroatoms. The topological polar surface area (TPSA) is 36.4 Å². The van der Waals surface area contributed by atoms with Gasteiger partial charge in [-0.1, -0.05) is 30.3 Å². The summed E-state index contributed by atoms with van der Waals surface area (Å²) >= 11 is 0. The van der Waals surface area contributed by atoms with E-state index >= 15 is 0 Å². The van der Waals surface area contributed by atoms with Gasteiger partial charge in [-0.3, -0.25) is 4.99 Å². The van der Waals surface area contributed by atoms with Crippen molar-refractivity contribution in [3.63, 3.8) is 0 Å². The molecule has 0 saturated heterocycles. The van der Waals surface area contributed by atoms with E-state index in [0.717, 1.165) is 17.9 Å². The average molecular weight is 229 g/mol. The predicted octanol–water partition coefficient (Wildman–Crippen LogP) is 2.44. The fourth-order valence-corrected chi connectivity index (χ4v) is 1.34. The molecule has 0 heterocycles. The summed E-state index contributed by atoms with van der Waals surface area (Å²) in [6.07, 6.45) is 3.71. The van der Waals surface area contributed by atoms with E-state index in [-0.39, 0.29) is 0 Å². The zero-order valence-corrected chi connectivity index (χ0v) is 10.4. The minimum Gasteiger partial charge on any atom is -0.392 e. The normalized spacial score (nSPS) is 12.1. The molecular weight excluding hydrogens is 210 g/mol. The SMILES string of the molecule is C=N/C=C(\C=C(\C)NC)NCc1ccccc1. The summed E-state index contributed by atoms with van der Waals surface area (Å²) in [7, 11) is 1.89. The van der Waals surface area contributed by atoms with Crippen LogP contribution in [-0.4, -0.2) is 13.8 Å². The van der Waals surface area contributed by atoms with E-state index in [1.807, 2.05) is 38.2 Å². The summed E-state index contributed by atoms with van der Waals surface area (Å²) in [5, 5.41) is 6.38. The number of rotatable bonds is 6. The highest BCUT2D eigenvalue weighted by molar-refractivity contribution is 5.29. The Hall–Kier alpha value is -2.03. The molecule has 0 fully saturated rings. The van der Waals surface area contributed by atoms with Gasteiger partial charge in [-0.2, -0.15) is 0 Å². The first-order valence-electron chi connectivity index (χ1n) is 5.56. The average Bonchev–Trinajstić information content (AvgIpc) is 2.37. The number of aliphatic imine (C=N–C) groups is 1. The maximum atomic E-state index is 3.79. The maximum Gasteiger partial charge on any atom is 0.0545 e. The maximum absolute atomic E-state index is 3.79. The van der Waals surface area contributed by atoms with Crippen molar-refractivity contribution in [2.45, 2.75) is 13.5 Å². The Morgan fingerprint density at radius 2 is 2.06 bits per heavy atom. The zero-order chi connectivity index (χ0) is 12.5. The van der Waals surface area contributed by atoms with Gasteiger partial charge >= 0.3 is 0 Å². The smallest absolute Gasteiger partial charge is 0.0545 e. The molecule has 0 bridgehead atoms. The van der Waals surface area contributed by atoms with Crippen molar-refractivity contribution in [2.75, 3.05) is 7.05 Å². The second-order valence-corrected chi connectivity index (χ2v) is 3.68. The van der Waals surface area contributed by atoms with Gasteiger partial charge < -0.3 is 10.6 Å². The van der Waals surface area contributed by atoms with Crippen molar-refractivity contribution >= 4 is 6.72 Å². The molecule has 1 aromatic carbocycles. The van der Waals surface area contributed by atoms with Gasteiger partial charge in [0.1, 0.15) is 0 Å². The fourth-order valence-electron chi connectivity index (χ4n) is 1.34. The standard InChI is InChI=1S/C14H19N3/c1-12(16-3)9-14(11-15-2)17-10-13-7-5-4-6-8-13/h4-9,11,16-17H,2,10H2,1,3H3/b12-9-,14-11+. The molecule has 0 aliphatic heterocycles. The molecule has 3 nitrogen and oxygen atoms in total. The predicted molar refractivity (Wildman–Crippen MR) is 73.7 cm³/mol.